The predicted octanol–water partition coefficient (Wildman–Crippen LogP) is 0.492. The van der Waals surface area contributed by atoms with Crippen molar-refractivity contribution in [1.29, 1.82) is 0 Å². The number of rotatable bonds is 4. The molecular weight excluding hydrogens is 248 g/mol. The molecule has 19 heavy (non-hydrogen) atoms. The van der Waals surface area contributed by atoms with E-state index in [1.165, 1.54) is 17.0 Å². The molecule has 7 heteroatoms. The van der Waals surface area contributed by atoms with Gasteiger partial charge in [0.15, 0.2) is 5.69 Å². The van der Waals surface area contributed by atoms with E-state index in [2.05, 4.69) is 10.3 Å². The molecule has 1 fully saturated rings. The van der Waals surface area contributed by atoms with E-state index in [0.29, 0.717) is 13.1 Å². The van der Waals surface area contributed by atoms with Crippen molar-refractivity contribution >= 4 is 11.9 Å². The van der Waals surface area contributed by atoms with Crippen LogP contribution < -0.4 is 0 Å². The van der Waals surface area contributed by atoms with Crippen LogP contribution in [-0.2, 0) is 4.79 Å². The summed E-state index contributed by atoms with van der Waals surface area (Å²) in [6.45, 7) is 2.90. The molecule has 0 spiro atoms. The van der Waals surface area contributed by atoms with Gasteiger partial charge < -0.3 is 10.0 Å². The number of carboxylic acids is 1. The lowest BCUT2D eigenvalue weighted by Gasteiger charge is -2.38. The quantitative estimate of drug-likeness (QED) is 0.630. The predicted molar refractivity (Wildman–Crippen MR) is 66.6 cm³/mol. The Balaban J connectivity index is 1.88. The lowest BCUT2D eigenvalue weighted by Crippen LogP contribution is -2.50. The van der Waals surface area contributed by atoms with Crippen LogP contribution in [0.15, 0.2) is 30.5 Å². The van der Waals surface area contributed by atoms with Crippen LogP contribution in [-0.4, -0.2) is 50.0 Å². The molecule has 0 unspecified atom stereocenters. The molecule has 1 amide bonds. The Kier molecular flexibility index (Phi) is 3.74. The minimum Gasteiger partial charge on any atom is -0.476 e. The number of carbonyl (C=O) groups is 2. The summed E-state index contributed by atoms with van der Waals surface area (Å²) >= 11 is 0. The summed E-state index contributed by atoms with van der Waals surface area (Å²) in [5.74, 6) is -1.17. The van der Waals surface area contributed by atoms with Crippen molar-refractivity contribution < 1.29 is 14.7 Å². The first-order valence-electron chi connectivity index (χ1n) is 5.85. The van der Waals surface area contributed by atoms with Gasteiger partial charge in [-0.3, -0.25) is 4.79 Å². The van der Waals surface area contributed by atoms with E-state index < -0.39 is 5.97 Å². The Labute approximate surface area is 109 Å². The first-order chi connectivity index (χ1) is 9.11. The zero-order chi connectivity index (χ0) is 13.8. The molecule has 0 bridgehead atoms. The van der Waals surface area contributed by atoms with Crippen LogP contribution in [0.5, 0.6) is 0 Å². The number of likely N-dealkylation sites (tertiary alicyclic amines) is 1. The molecule has 1 N–H and O–H groups in total. The zero-order valence-electron chi connectivity index (χ0n) is 10.4. The van der Waals surface area contributed by atoms with Gasteiger partial charge in [-0.25, -0.2) is 9.48 Å². The molecule has 0 saturated carbocycles. The third-order valence-electron chi connectivity index (χ3n) is 2.82. The number of carbonyl (C=O) groups excluding carboxylic acids is 1. The van der Waals surface area contributed by atoms with Gasteiger partial charge in [0.25, 0.3) is 0 Å². The maximum absolute atomic E-state index is 11.7. The molecule has 100 valence electrons. The van der Waals surface area contributed by atoms with E-state index in [4.69, 9.17) is 5.11 Å². The highest BCUT2D eigenvalue weighted by molar-refractivity contribution is 5.88. The molecular formula is C12H14N4O3. The van der Waals surface area contributed by atoms with Gasteiger partial charge in [0.1, 0.15) is 0 Å². The Morgan fingerprint density at radius 1 is 1.42 bits per heavy atom. The Hall–Kier alpha value is -2.44. The van der Waals surface area contributed by atoms with Gasteiger partial charge in [-0.05, 0) is 6.92 Å². The van der Waals surface area contributed by atoms with Crippen LogP contribution in [0.2, 0.25) is 0 Å². The second kappa shape index (κ2) is 5.47. The van der Waals surface area contributed by atoms with Crippen molar-refractivity contribution in [2.75, 3.05) is 13.1 Å². The fourth-order valence-corrected chi connectivity index (χ4v) is 1.71. The highest BCUT2D eigenvalue weighted by atomic mass is 16.4. The molecule has 1 saturated heterocycles. The van der Waals surface area contributed by atoms with E-state index in [0.717, 1.165) is 0 Å². The van der Waals surface area contributed by atoms with Crippen molar-refractivity contribution in [2.45, 2.75) is 13.0 Å². The first-order valence-corrected chi connectivity index (χ1v) is 5.85. The maximum Gasteiger partial charge on any atom is 0.358 e. The Morgan fingerprint density at radius 3 is 2.74 bits per heavy atom. The molecule has 2 rings (SSSR count). The van der Waals surface area contributed by atoms with E-state index >= 15 is 0 Å². The van der Waals surface area contributed by atoms with E-state index in [1.807, 2.05) is 13.0 Å². The van der Waals surface area contributed by atoms with E-state index in [9.17, 15) is 9.59 Å². The first kappa shape index (κ1) is 13.0. The summed E-state index contributed by atoms with van der Waals surface area (Å²) in [5.41, 5.74) is -0.0854. The van der Waals surface area contributed by atoms with Crippen LogP contribution in [0.4, 0.5) is 0 Å². The van der Waals surface area contributed by atoms with Crippen molar-refractivity contribution in [3.05, 3.63) is 36.2 Å². The van der Waals surface area contributed by atoms with Gasteiger partial charge in [-0.1, -0.05) is 23.4 Å². The van der Waals surface area contributed by atoms with E-state index in [-0.39, 0.29) is 17.6 Å². The molecule has 0 aromatic carbocycles. The molecule has 0 radical (unpaired) electrons. The monoisotopic (exact) mass is 262 g/mol. The van der Waals surface area contributed by atoms with E-state index in [1.54, 1.807) is 17.1 Å². The number of hydrogen-bond donors (Lipinski definition) is 1. The molecule has 1 aliphatic heterocycles. The van der Waals surface area contributed by atoms with Gasteiger partial charge in [0.2, 0.25) is 5.91 Å². The normalized spacial score (nSPS) is 16.2. The number of aromatic nitrogens is 3. The van der Waals surface area contributed by atoms with Crippen LogP contribution in [0, 0.1) is 0 Å². The lowest BCUT2D eigenvalue weighted by atomic mass is 10.1. The summed E-state index contributed by atoms with van der Waals surface area (Å²) in [4.78, 5) is 24.0. The van der Waals surface area contributed by atoms with Gasteiger partial charge in [0, 0.05) is 19.2 Å². The maximum atomic E-state index is 11.7. The highest BCUT2D eigenvalue weighted by Gasteiger charge is 2.31. The molecule has 1 aliphatic rings. The average molecular weight is 262 g/mol. The topological polar surface area (TPSA) is 88.3 Å². The fraction of sp³-hybridized carbons (Fsp3) is 0.333. The zero-order valence-corrected chi connectivity index (χ0v) is 10.4. The van der Waals surface area contributed by atoms with Crippen molar-refractivity contribution in [1.82, 2.24) is 19.9 Å². The van der Waals surface area contributed by atoms with Crippen LogP contribution in [0.1, 0.15) is 23.5 Å². The summed E-state index contributed by atoms with van der Waals surface area (Å²) in [6.07, 6.45) is 8.19. The smallest absolute Gasteiger partial charge is 0.358 e. The summed E-state index contributed by atoms with van der Waals surface area (Å²) in [7, 11) is 0. The van der Waals surface area contributed by atoms with Crippen molar-refractivity contribution in [3.8, 4) is 0 Å². The minimum absolute atomic E-state index is 0.000308. The number of aromatic carboxylic acids is 1. The number of carboxylic acid groups (broad SMARTS) is 1. The summed E-state index contributed by atoms with van der Waals surface area (Å²) in [6, 6.07) is -0.000308. The lowest BCUT2D eigenvalue weighted by molar-refractivity contribution is -0.131. The number of nitrogens with zero attached hydrogens (tertiary/aromatic N) is 4. The van der Waals surface area contributed by atoms with Gasteiger partial charge in [-0.15, -0.1) is 5.10 Å². The van der Waals surface area contributed by atoms with Gasteiger partial charge in [-0.2, -0.15) is 0 Å². The molecule has 1 aromatic heterocycles. The summed E-state index contributed by atoms with van der Waals surface area (Å²) < 4.78 is 1.49. The van der Waals surface area contributed by atoms with Crippen LogP contribution in [0.25, 0.3) is 0 Å². The number of allylic oxidation sites excluding steroid dienone is 3. The third-order valence-corrected chi connectivity index (χ3v) is 2.82. The standard InChI is InChI=1S/C12H14N4O3/c1-2-3-4-5-11(17)15-6-9(7-15)16-8-10(12(18)19)13-14-16/h2-5,8-9H,6-7H2,1H3,(H,18,19). The Morgan fingerprint density at radius 2 is 2.16 bits per heavy atom. The van der Waals surface area contributed by atoms with Crippen LogP contribution >= 0.6 is 0 Å². The fourth-order valence-electron chi connectivity index (χ4n) is 1.71. The molecule has 1 aromatic rings. The van der Waals surface area contributed by atoms with Gasteiger partial charge in [0.05, 0.1) is 12.2 Å². The second-order valence-corrected chi connectivity index (χ2v) is 4.17. The average Bonchev–Trinajstić information content (AvgIpc) is 2.77. The number of hydrogen-bond acceptors (Lipinski definition) is 4. The van der Waals surface area contributed by atoms with Gasteiger partial charge >= 0.3 is 5.97 Å². The molecule has 2 heterocycles. The van der Waals surface area contributed by atoms with Crippen LogP contribution in [0.3, 0.4) is 0 Å². The minimum atomic E-state index is -1.10. The number of amides is 1. The molecule has 0 atom stereocenters. The molecule has 0 aliphatic carbocycles. The third kappa shape index (κ3) is 2.87. The van der Waals surface area contributed by atoms with Crippen molar-refractivity contribution in [3.63, 3.8) is 0 Å². The Bertz CT molecular complexity index is 541. The second-order valence-electron chi connectivity index (χ2n) is 4.17. The summed E-state index contributed by atoms with van der Waals surface area (Å²) in [5, 5.41) is 16.0. The molecule has 7 nitrogen and oxygen atoms in total. The SMILES string of the molecule is CC=CC=CC(=O)N1CC(n2cc(C(=O)O)nn2)C1. The highest BCUT2D eigenvalue weighted by Crippen LogP contribution is 2.20. The largest absolute Gasteiger partial charge is 0.476 e. The van der Waals surface area contributed by atoms with Crippen molar-refractivity contribution in [2.24, 2.45) is 0 Å².